The minimum absolute atomic E-state index is 0.145. The number of rotatable bonds is 1. The van der Waals surface area contributed by atoms with Crippen molar-refractivity contribution >= 4 is 15.9 Å². The molecule has 0 aliphatic carbocycles. The van der Waals surface area contributed by atoms with Crippen molar-refractivity contribution in [1.29, 1.82) is 0 Å². The molecule has 0 amide bonds. The van der Waals surface area contributed by atoms with Crippen LogP contribution in [0.5, 0.6) is 0 Å². The smallest absolute Gasteiger partial charge is 0.137 e. The summed E-state index contributed by atoms with van der Waals surface area (Å²) in [5, 5.41) is 0. The molecule has 0 bridgehead atoms. The molecule has 3 heteroatoms. The van der Waals surface area contributed by atoms with Crippen molar-refractivity contribution in [3.8, 4) is 0 Å². The second kappa shape index (κ2) is 3.99. The Labute approximate surface area is 92.0 Å². The van der Waals surface area contributed by atoms with Gasteiger partial charge in [-0.1, -0.05) is 6.92 Å². The zero-order chi connectivity index (χ0) is 10.1. The number of fused-ring (bicyclic) bond motifs is 1. The van der Waals surface area contributed by atoms with Crippen LogP contribution in [0.25, 0.3) is 0 Å². The molecule has 1 nitrogen and oxygen atoms in total. The maximum Gasteiger partial charge on any atom is 0.137 e. The normalized spacial score (nSPS) is 16.8. The third-order valence-corrected chi connectivity index (χ3v) is 3.39. The molecule has 2 rings (SSSR count). The molecule has 1 aliphatic heterocycles. The molecule has 0 radical (unpaired) electrons. The number of hydrogen-bond acceptors (Lipinski definition) is 1. The zero-order valence-electron chi connectivity index (χ0n) is 8.19. The van der Waals surface area contributed by atoms with E-state index in [1.165, 1.54) is 5.56 Å². The molecule has 1 aromatic carbocycles. The fourth-order valence-electron chi connectivity index (χ4n) is 1.88. The van der Waals surface area contributed by atoms with Gasteiger partial charge in [0, 0.05) is 13.1 Å². The molecule has 0 aromatic heterocycles. The molecule has 0 N–H and O–H groups in total. The maximum atomic E-state index is 13.2. The Balaban J connectivity index is 2.33. The minimum atomic E-state index is -0.145. The lowest BCUT2D eigenvalue weighted by atomic mass is 10.00. The van der Waals surface area contributed by atoms with Crippen LogP contribution in [0.15, 0.2) is 16.6 Å². The number of halogens is 2. The van der Waals surface area contributed by atoms with E-state index in [-0.39, 0.29) is 5.82 Å². The van der Waals surface area contributed by atoms with Gasteiger partial charge in [0.15, 0.2) is 0 Å². The standard InChI is InChI=1S/C11H13BrFN/c1-2-14-4-3-8-6-11(13)10(12)5-9(8)7-14/h5-6H,2-4,7H2,1H3. The first kappa shape index (κ1) is 10.1. The maximum absolute atomic E-state index is 13.2. The Bertz CT molecular complexity index is 351. The van der Waals surface area contributed by atoms with Crippen LogP contribution in [0, 0.1) is 5.82 Å². The molecule has 0 atom stereocenters. The van der Waals surface area contributed by atoms with E-state index in [0.29, 0.717) is 4.47 Å². The molecule has 1 aromatic rings. The van der Waals surface area contributed by atoms with E-state index in [1.807, 2.05) is 6.07 Å². The summed E-state index contributed by atoms with van der Waals surface area (Å²) in [5.74, 6) is -0.145. The topological polar surface area (TPSA) is 3.24 Å². The van der Waals surface area contributed by atoms with Gasteiger partial charge >= 0.3 is 0 Å². The SMILES string of the molecule is CCN1CCc2cc(F)c(Br)cc2C1. The fourth-order valence-corrected chi connectivity index (χ4v) is 2.27. The third-order valence-electron chi connectivity index (χ3n) is 2.78. The van der Waals surface area contributed by atoms with E-state index in [1.54, 1.807) is 6.07 Å². The fraction of sp³-hybridized carbons (Fsp3) is 0.455. The van der Waals surface area contributed by atoms with Crippen molar-refractivity contribution in [3.63, 3.8) is 0 Å². The lowest BCUT2D eigenvalue weighted by Gasteiger charge is -2.27. The van der Waals surface area contributed by atoms with Crippen LogP contribution >= 0.6 is 15.9 Å². The largest absolute Gasteiger partial charge is 0.299 e. The molecule has 76 valence electrons. The quantitative estimate of drug-likeness (QED) is 0.748. The molecule has 0 spiro atoms. The summed E-state index contributed by atoms with van der Waals surface area (Å²) in [6.45, 7) is 5.22. The Morgan fingerprint density at radius 1 is 1.43 bits per heavy atom. The van der Waals surface area contributed by atoms with Crippen LogP contribution in [0.3, 0.4) is 0 Å². The minimum Gasteiger partial charge on any atom is -0.299 e. The Morgan fingerprint density at radius 3 is 2.93 bits per heavy atom. The number of likely N-dealkylation sites (N-methyl/N-ethyl adjacent to an activating group) is 1. The number of nitrogens with zero attached hydrogens (tertiary/aromatic N) is 1. The van der Waals surface area contributed by atoms with Crippen LogP contribution in [-0.4, -0.2) is 18.0 Å². The third kappa shape index (κ3) is 1.84. The first-order valence-electron chi connectivity index (χ1n) is 4.90. The van der Waals surface area contributed by atoms with Gasteiger partial charge in [-0.25, -0.2) is 4.39 Å². The Morgan fingerprint density at radius 2 is 2.21 bits per heavy atom. The highest BCUT2D eigenvalue weighted by Crippen LogP contribution is 2.25. The van der Waals surface area contributed by atoms with Gasteiger partial charge in [0.25, 0.3) is 0 Å². The Kier molecular flexibility index (Phi) is 2.88. The molecule has 0 unspecified atom stereocenters. The second-order valence-electron chi connectivity index (χ2n) is 3.65. The summed E-state index contributed by atoms with van der Waals surface area (Å²) in [4.78, 5) is 2.37. The lowest BCUT2D eigenvalue weighted by Crippen LogP contribution is -2.30. The summed E-state index contributed by atoms with van der Waals surface area (Å²) in [6, 6.07) is 3.57. The van der Waals surface area contributed by atoms with Gasteiger partial charge in [-0.05, 0) is 52.2 Å². The predicted molar refractivity (Wildman–Crippen MR) is 58.8 cm³/mol. The van der Waals surface area contributed by atoms with Gasteiger partial charge in [-0.3, -0.25) is 4.90 Å². The van der Waals surface area contributed by atoms with E-state index in [0.717, 1.165) is 31.6 Å². The van der Waals surface area contributed by atoms with E-state index in [2.05, 4.69) is 27.8 Å². The van der Waals surface area contributed by atoms with Crippen LogP contribution in [0.2, 0.25) is 0 Å². The van der Waals surface area contributed by atoms with Gasteiger partial charge in [-0.15, -0.1) is 0 Å². The van der Waals surface area contributed by atoms with E-state index >= 15 is 0 Å². The van der Waals surface area contributed by atoms with Crippen LogP contribution < -0.4 is 0 Å². The van der Waals surface area contributed by atoms with Gasteiger partial charge in [0.2, 0.25) is 0 Å². The molecule has 0 saturated carbocycles. The van der Waals surface area contributed by atoms with Crippen molar-refractivity contribution in [1.82, 2.24) is 4.90 Å². The molecular weight excluding hydrogens is 245 g/mol. The second-order valence-corrected chi connectivity index (χ2v) is 4.51. The van der Waals surface area contributed by atoms with E-state index in [4.69, 9.17) is 0 Å². The van der Waals surface area contributed by atoms with Crippen molar-refractivity contribution in [2.45, 2.75) is 19.9 Å². The predicted octanol–water partition coefficient (Wildman–Crippen LogP) is 2.97. The molecule has 1 aliphatic rings. The number of benzene rings is 1. The first-order chi connectivity index (χ1) is 6.70. The Hall–Kier alpha value is -0.410. The molecule has 0 saturated heterocycles. The van der Waals surface area contributed by atoms with Crippen molar-refractivity contribution in [2.24, 2.45) is 0 Å². The van der Waals surface area contributed by atoms with Crippen LogP contribution in [0.1, 0.15) is 18.1 Å². The highest BCUT2D eigenvalue weighted by molar-refractivity contribution is 9.10. The average Bonchev–Trinajstić information content (AvgIpc) is 2.19. The van der Waals surface area contributed by atoms with Gasteiger partial charge in [-0.2, -0.15) is 0 Å². The average molecular weight is 258 g/mol. The summed E-state index contributed by atoms with van der Waals surface area (Å²) in [5.41, 5.74) is 2.42. The molecular formula is C11H13BrFN. The van der Waals surface area contributed by atoms with Gasteiger partial charge in [0.05, 0.1) is 4.47 Å². The molecule has 0 fully saturated rings. The monoisotopic (exact) mass is 257 g/mol. The van der Waals surface area contributed by atoms with Gasteiger partial charge < -0.3 is 0 Å². The first-order valence-corrected chi connectivity index (χ1v) is 5.69. The van der Waals surface area contributed by atoms with E-state index in [9.17, 15) is 4.39 Å². The molecule has 1 heterocycles. The number of hydrogen-bond donors (Lipinski definition) is 0. The molecule has 14 heavy (non-hydrogen) atoms. The summed E-state index contributed by atoms with van der Waals surface area (Å²) < 4.78 is 13.8. The highest BCUT2D eigenvalue weighted by atomic mass is 79.9. The zero-order valence-corrected chi connectivity index (χ0v) is 9.77. The summed E-state index contributed by atoms with van der Waals surface area (Å²) >= 11 is 3.22. The van der Waals surface area contributed by atoms with Crippen LogP contribution in [-0.2, 0) is 13.0 Å². The lowest BCUT2D eigenvalue weighted by molar-refractivity contribution is 0.267. The van der Waals surface area contributed by atoms with Crippen molar-refractivity contribution in [2.75, 3.05) is 13.1 Å². The van der Waals surface area contributed by atoms with Crippen LogP contribution in [0.4, 0.5) is 4.39 Å². The van der Waals surface area contributed by atoms with Crippen molar-refractivity contribution in [3.05, 3.63) is 33.5 Å². The summed E-state index contributed by atoms with van der Waals surface area (Å²) in [7, 11) is 0. The van der Waals surface area contributed by atoms with Crippen molar-refractivity contribution < 1.29 is 4.39 Å². The summed E-state index contributed by atoms with van der Waals surface area (Å²) in [6.07, 6.45) is 0.966. The van der Waals surface area contributed by atoms with E-state index < -0.39 is 0 Å². The van der Waals surface area contributed by atoms with Gasteiger partial charge in [0.1, 0.15) is 5.82 Å². The highest BCUT2D eigenvalue weighted by Gasteiger charge is 2.16.